The zero-order valence-electron chi connectivity index (χ0n) is 12.5. The number of nitrogens with zero attached hydrogens (tertiary/aromatic N) is 2. The fourth-order valence-corrected chi connectivity index (χ4v) is 2.72. The normalized spacial score (nSPS) is 16.8. The quantitative estimate of drug-likeness (QED) is 0.873. The first kappa shape index (κ1) is 16.6. The summed E-state index contributed by atoms with van der Waals surface area (Å²) in [5, 5.41) is 10.4. The summed E-state index contributed by atoms with van der Waals surface area (Å²) >= 11 is 0. The maximum absolute atomic E-state index is 12.4. The first-order valence-corrected chi connectivity index (χ1v) is 7.25. The Bertz CT molecular complexity index is 519. The van der Waals surface area contributed by atoms with Gasteiger partial charge in [-0.2, -0.15) is 0 Å². The summed E-state index contributed by atoms with van der Waals surface area (Å²) in [5.74, 6) is -0.518. The van der Waals surface area contributed by atoms with Gasteiger partial charge in [0.25, 0.3) is 12.3 Å². The molecule has 1 aliphatic carbocycles. The van der Waals surface area contributed by atoms with Crippen LogP contribution in [-0.2, 0) is 0 Å². The van der Waals surface area contributed by atoms with Gasteiger partial charge in [-0.15, -0.1) is 0 Å². The summed E-state index contributed by atoms with van der Waals surface area (Å²) in [4.78, 5) is 17.7. The Morgan fingerprint density at radius 1 is 1.50 bits per heavy atom. The number of ether oxygens (including phenoxy) is 1. The van der Waals surface area contributed by atoms with Gasteiger partial charge in [-0.25, -0.2) is 13.8 Å². The molecule has 0 aliphatic heterocycles. The highest BCUT2D eigenvalue weighted by Gasteiger charge is 2.34. The lowest BCUT2D eigenvalue weighted by Crippen LogP contribution is -2.42. The van der Waals surface area contributed by atoms with Crippen molar-refractivity contribution < 1.29 is 23.4 Å². The number of alkyl halides is 2. The minimum atomic E-state index is -2.64. The monoisotopic (exact) mass is 314 g/mol. The molecule has 0 bridgehead atoms. The van der Waals surface area contributed by atoms with Crippen LogP contribution in [0.25, 0.3) is 0 Å². The summed E-state index contributed by atoms with van der Waals surface area (Å²) in [6, 6.07) is 3.02. The van der Waals surface area contributed by atoms with Crippen LogP contribution in [0.2, 0.25) is 0 Å². The highest BCUT2D eigenvalue weighted by molar-refractivity contribution is 5.96. The molecule has 1 aromatic rings. The van der Waals surface area contributed by atoms with Crippen LogP contribution in [0.1, 0.15) is 36.0 Å². The molecule has 0 atom stereocenters. The number of carbonyl (C=O) groups excluding carboxylic acids is 1. The number of hydrogen-bond donors (Lipinski definition) is 1. The highest BCUT2D eigenvalue weighted by atomic mass is 19.3. The van der Waals surface area contributed by atoms with Crippen LogP contribution >= 0.6 is 0 Å². The first-order chi connectivity index (χ1) is 10.4. The van der Waals surface area contributed by atoms with Gasteiger partial charge in [0.15, 0.2) is 6.61 Å². The molecule has 1 saturated carbocycles. The summed E-state index contributed by atoms with van der Waals surface area (Å²) in [6.07, 6.45) is 1.94. The van der Waals surface area contributed by atoms with Crippen molar-refractivity contribution in [2.24, 2.45) is 0 Å². The Labute approximate surface area is 127 Å². The van der Waals surface area contributed by atoms with Crippen LogP contribution in [0.15, 0.2) is 18.3 Å². The van der Waals surface area contributed by atoms with Gasteiger partial charge in [-0.3, -0.25) is 4.79 Å². The minimum absolute atomic E-state index is 0.113. The zero-order chi connectivity index (χ0) is 16.2. The van der Waals surface area contributed by atoms with Gasteiger partial charge in [-0.1, -0.05) is 12.8 Å². The molecule has 1 aliphatic rings. The van der Waals surface area contributed by atoms with Crippen molar-refractivity contribution in [2.45, 2.75) is 37.7 Å². The number of carbonyl (C=O) groups is 1. The van der Waals surface area contributed by atoms with Gasteiger partial charge >= 0.3 is 0 Å². The number of halogens is 2. The van der Waals surface area contributed by atoms with Crippen LogP contribution in [0.3, 0.4) is 0 Å². The zero-order valence-corrected chi connectivity index (χ0v) is 12.5. The number of likely N-dealkylation sites (N-methyl/N-ethyl adjacent to an activating group) is 1. The third kappa shape index (κ3) is 4.13. The Morgan fingerprint density at radius 2 is 2.18 bits per heavy atom. The molecule has 7 heteroatoms. The smallest absolute Gasteiger partial charge is 0.272 e. The predicted octanol–water partition coefficient (Wildman–Crippen LogP) is 2.10. The maximum atomic E-state index is 12.4. The lowest BCUT2D eigenvalue weighted by molar-refractivity contribution is 0.0154. The lowest BCUT2D eigenvalue weighted by atomic mass is 10.0. The van der Waals surface area contributed by atoms with Gasteiger partial charge in [0.1, 0.15) is 5.56 Å². The lowest BCUT2D eigenvalue weighted by Gasteiger charge is -2.28. The molecule has 0 unspecified atom stereocenters. The van der Waals surface area contributed by atoms with E-state index in [0.717, 1.165) is 12.8 Å². The number of amides is 1. The molecule has 0 saturated heterocycles. The summed E-state index contributed by atoms with van der Waals surface area (Å²) < 4.78 is 29.4. The third-order valence-corrected chi connectivity index (χ3v) is 3.76. The van der Waals surface area contributed by atoms with Crippen LogP contribution in [-0.4, -0.2) is 53.1 Å². The van der Waals surface area contributed by atoms with Crippen LogP contribution in [0, 0.1) is 0 Å². The van der Waals surface area contributed by atoms with E-state index in [1.165, 1.54) is 17.2 Å². The van der Waals surface area contributed by atoms with Crippen LogP contribution < -0.4 is 4.74 Å². The molecule has 1 N–H and O–H groups in total. The van der Waals surface area contributed by atoms with E-state index in [1.807, 2.05) is 0 Å². The molecule has 1 amide bonds. The number of rotatable bonds is 6. The first-order valence-electron chi connectivity index (χ1n) is 7.25. The topological polar surface area (TPSA) is 62.7 Å². The van der Waals surface area contributed by atoms with E-state index in [9.17, 15) is 18.7 Å². The number of aliphatic hydroxyl groups is 1. The second kappa shape index (κ2) is 7.00. The standard InChI is InChI=1S/C15H20F2N2O3/c1-19(10-15(21)6-2-3-7-15)14(20)11-5-4-8-18-13(11)22-9-12(16)17/h4-5,8,12,21H,2-3,6-7,9-10H2,1H3. The predicted molar refractivity (Wildman–Crippen MR) is 76.1 cm³/mol. The van der Waals surface area contributed by atoms with Gasteiger partial charge < -0.3 is 14.7 Å². The van der Waals surface area contributed by atoms with E-state index >= 15 is 0 Å². The number of pyridine rings is 1. The molecule has 1 fully saturated rings. The van der Waals surface area contributed by atoms with Crippen molar-refractivity contribution in [3.63, 3.8) is 0 Å². The molecule has 1 heterocycles. The van der Waals surface area contributed by atoms with E-state index in [-0.39, 0.29) is 18.0 Å². The van der Waals surface area contributed by atoms with Gasteiger partial charge in [0, 0.05) is 19.8 Å². The molecular formula is C15H20F2N2O3. The van der Waals surface area contributed by atoms with Gasteiger partial charge in [0.05, 0.1) is 5.60 Å². The molecule has 122 valence electrons. The number of aromatic nitrogens is 1. The van der Waals surface area contributed by atoms with Crippen molar-refractivity contribution >= 4 is 5.91 Å². The van der Waals surface area contributed by atoms with E-state index in [4.69, 9.17) is 4.74 Å². The molecule has 22 heavy (non-hydrogen) atoms. The Kier molecular flexibility index (Phi) is 5.28. The van der Waals surface area contributed by atoms with E-state index in [1.54, 1.807) is 13.1 Å². The molecule has 2 rings (SSSR count). The fraction of sp³-hybridized carbons (Fsp3) is 0.600. The second-order valence-corrected chi connectivity index (χ2v) is 5.65. The van der Waals surface area contributed by atoms with Crippen molar-refractivity contribution in [1.29, 1.82) is 0 Å². The molecule has 0 aromatic carbocycles. The Morgan fingerprint density at radius 3 is 2.82 bits per heavy atom. The average molecular weight is 314 g/mol. The Balaban J connectivity index is 2.07. The molecular weight excluding hydrogens is 294 g/mol. The second-order valence-electron chi connectivity index (χ2n) is 5.65. The fourth-order valence-electron chi connectivity index (χ4n) is 2.72. The molecule has 1 aromatic heterocycles. The largest absolute Gasteiger partial charge is 0.471 e. The van der Waals surface area contributed by atoms with Gasteiger partial charge in [0.2, 0.25) is 5.88 Å². The van der Waals surface area contributed by atoms with Crippen LogP contribution in [0.4, 0.5) is 8.78 Å². The van der Waals surface area contributed by atoms with Crippen molar-refractivity contribution in [1.82, 2.24) is 9.88 Å². The Hall–Kier alpha value is -1.76. The summed E-state index contributed by atoms with van der Waals surface area (Å²) in [5.41, 5.74) is -0.747. The minimum Gasteiger partial charge on any atom is -0.471 e. The SMILES string of the molecule is CN(CC1(O)CCCC1)C(=O)c1cccnc1OCC(F)F. The van der Waals surface area contributed by atoms with Crippen molar-refractivity contribution in [3.8, 4) is 5.88 Å². The average Bonchev–Trinajstić information content (AvgIpc) is 2.90. The van der Waals surface area contributed by atoms with Crippen molar-refractivity contribution in [2.75, 3.05) is 20.2 Å². The maximum Gasteiger partial charge on any atom is 0.272 e. The molecule has 0 radical (unpaired) electrons. The molecule has 5 nitrogen and oxygen atoms in total. The van der Waals surface area contributed by atoms with Gasteiger partial charge in [-0.05, 0) is 25.0 Å². The van der Waals surface area contributed by atoms with E-state index in [0.29, 0.717) is 12.8 Å². The number of hydrogen-bond acceptors (Lipinski definition) is 4. The van der Waals surface area contributed by atoms with E-state index < -0.39 is 24.5 Å². The summed E-state index contributed by atoms with van der Waals surface area (Å²) in [6.45, 7) is -0.611. The molecule has 0 spiro atoms. The van der Waals surface area contributed by atoms with Crippen LogP contribution in [0.5, 0.6) is 5.88 Å². The van der Waals surface area contributed by atoms with Crippen molar-refractivity contribution in [3.05, 3.63) is 23.9 Å². The highest BCUT2D eigenvalue weighted by Crippen LogP contribution is 2.30. The third-order valence-electron chi connectivity index (χ3n) is 3.76. The summed E-state index contributed by atoms with van der Waals surface area (Å²) in [7, 11) is 1.57. The van der Waals surface area contributed by atoms with E-state index in [2.05, 4.69) is 4.98 Å².